The van der Waals surface area contributed by atoms with Gasteiger partial charge in [-0.25, -0.2) is 4.39 Å². The van der Waals surface area contributed by atoms with Crippen LogP contribution in [0.15, 0.2) is 24.5 Å². The Bertz CT molecular complexity index is 210. The van der Waals surface area contributed by atoms with E-state index in [1.54, 1.807) is 6.26 Å². The minimum atomic E-state index is -0.805. The number of fused-ring (bicyclic) bond motifs is 1. The molecule has 0 spiro atoms. The summed E-state index contributed by atoms with van der Waals surface area (Å²) in [6.45, 7) is 3.89. The van der Waals surface area contributed by atoms with Crippen LogP contribution in [0, 0.1) is 5.92 Å². The highest BCUT2D eigenvalue weighted by molar-refractivity contribution is 5.19. The fourth-order valence-electron chi connectivity index (χ4n) is 1.75. The molecule has 1 fully saturated rings. The van der Waals surface area contributed by atoms with Gasteiger partial charge in [0.2, 0.25) is 0 Å². The molecule has 60 valence electrons. The molecule has 0 radical (unpaired) electrons. The Kier molecular flexibility index (Phi) is 1.48. The van der Waals surface area contributed by atoms with Crippen LogP contribution in [0.4, 0.5) is 4.39 Å². The van der Waals surface area contributed by atoms with E-state index in [-0.39, 0.29) is 12.0 Å². The first-order chi connectivity index (χ1) is 5.29. The van der Waals surface area contributed by atoms with Crippen molar-refractivity contribution in [3.8, 4) is 0 Å². The maximum Gasteiger partial charge on any atom is 0.139 e. The normalized spacial score (nSPS) is 41.9. The van der Waals surface area contributed by atoms with Crippen LogP contribution in [-0.4, -0.2) is 12.3 Å². The lowest BCUT2D eigenvalue weighted by Crippen LogP contribution is -2.33. The molecule has 2 aliphatic rings. The van der Waals surface area contributed by atoms with E-state index in [1.165, 1.54) is 0 Å². The highest BCUT2D eigenvalue weighted by Gasteiger charge is 2.37. The summed E-state index contributed by atoms with van der Waals surface area (Å²) in [6.07, 6.45) is 3.80. The van der Waals surface area contributed by atoms with Gasteiger partial charge in [-0.05, 0) is 18.9 Å². The summed E-state index contributed by atoms with van der Waals surface area (Å²) in [5.74, 6) is 0.138. The Morgan fingerprint density at radius 1 is 1.64 bits per heavy atom. The van der Waals surface area contributed by atoms with E-state index in [4.69, 9.17) is 4.74 Å². The minimum absolute atomic E-state index is 0.138. The molecule has 1 heterocycles. The molecule has 0 saturated heterocycles. The van der Waals surface area contributed by atoms with Crippen molar-refractivity contribution in [2.45, 2.75) is 25.1 Å². The molecule has 3 atom stereocenters. The molecule has 1 aliphatic carbocycles. The van der Waals surface area contributed by atoms with Gasteiger partial charge in [0, 0.05) is 5.92 Å². The molecule has 0 aromatic rings. The molecule has 0 N–H and O–H groups in total. The Morgan fingerprint density at radius 3 is 3.18 bits per heavy atom. The Hall–Kier alpha value is -0.790. The van der Waals surface area contributed by atoms with E-state index in [9.17, 15) is 4.39 Å². The molecule has 0 aromatic heterocycles. The molecular weight excluding hydrogens is 143 g/mol. The number of hydrogen-bond acceptors (Lipinski definition) is 1. The molecule has 1 aliphatic heterocycles. The summed E-state index contributed by atoms with van der Waals surface area (Å²) in [4.78, 5) is 0. The lowest BCUT2D eigenvalue weighted by molar-refractivity contribution is 0.0418. The predicted molar refractivity (Wildman–Crippen MR) is 40.8 cm³/mol. The third-order valence-corrected chi connectivity index (χ3v) is 2.44. The first-order valence-electron chi connectivity index (χ1n) is 3.93. The van der Waals surface area contributed by atoms with E-state index < -0.39 is 6.17 Å². The fourth-order valence-corrected chi connectivity index (χ4v) is 1.75. The highest BCUT2D eigenvalue weighted by Crippen LogP contribution is 2.36. The summed E-state index contributed by atoms with van der Waals surface area (Å²) in [7, 11) is 0. The molecular formula is C9H11FO. The molecule has 11 heavy (non-hydrogen) atoms. The third-order valence-electron chi connectivity index (χ3n) is 2.44. The zero-order valence-electron chi connectivity index (χ0n) is 6.29. The van der Waals surface area contributed by atoms with Crippen LogP contribution in [0.2, 0.25) is 0 Å². The van der Waals surface area contributed by atoms with Crippen molar-refractivity contribution in [1.29, 1.82) is 0 Å². The van der Waals surface area contributed by atoms with Gasteiger partial charge < -0.3 is 4.74 Å². The van der Waals surface area contributed by atoms with Gasteiger partial charge in [0.25, 0.3) is 0 Å². The molecule has 0 aromatic carbocycles. The Morgan fingerprint density at radius 2 is 2.45 bits per heavy atom. The van der Waals surface area contributed by atoms with Gasteiger partial charge in [0.05, 0.1) is 6.26 Å². The number of hydrogen-bond donors (Lipinski definition) is 0. The summed E-state index contributed by atoms with van der Waals surface area (Å²) in [5, 5.41) is 0. The van der Waals surface area contributed by atoms with Gasteiger partial charge >= 0.3 is 0 Å². The van der Waals surface area contributed by atoms with E-state index in [1.807, 2.05) is 6.08 Å². The predicted octanol–water partition coefficient (Wildman–Crippen LogP) is 2.20. The quantitative estimate of drug-likeness (QED) is 0.486. The summed E-state index contributed by atoms with van der Waals surface area (Å²) >= 11 is 0. The van der Waals surface area contributed by atoms with Gasteiger partial charge in [-0.3, -0.25) is 0 Å². The minimum Gasteiger partial charge on any atom is -0.494 e. The Balaban J connectivity index is 2.18. The monoisotopic (exact) mass is 154 g/mol. The first kappa shape index (κ1) is 6.89. The van der Waals surface area contributed by atoms with E-state index in [0.717, 1.165) is 12.0 Å². The number of halogens is 1. The van der Waals surface area contributed by atoms with Crippen molar-refractivity contribution in [2.75, 3.05) is 0 Å². The van der Waals surface area contributed by atoms with Crippen LogP contribution < -0.4 is 0 Å². The van der Waals surface area contributed by atoms with Crippen molar-refractivity contribution in [2.24, 2.45) is 5.92 Å². The second kappa shape index (κ2) is 2.36. The molecule has 1 saturated carbocycles. The van der Waals surface area contributed by atoms with Gasteiger partial charge in [0.1, 0.15) is 12.3 Å². The van der Waals surface area contributed by atoms with Gasteiger partial charge in [0.15, 0.2) is 0 Å². The lowest BCUT2D eigenvalue weighted by atomic mass is 9.83. The Labute approximate surface area is 65.5 Å². The van der Waals surface area contributed by atoms with Crippen LogP contribution in [0.25, 0.3) is 0 Å². The van der Waals surface area contributed by atoms with Crippen LogP contribution in [0.3, 0.4) is 0 Å². The largest absolute Gasteiger partial charge is 0.494 e. The van der Waals surface area contributed by atoms with E-state index in [2.05, 4.69) is 6.58 Å². The molecule has 1 nitrogen and oxygen atoms in total. The topological polar surface area (TPSA) is 9.23 Å². The summed E-state index contributed by atoms with van der Waals surface area (Å²) < 4.78 is 18.2. The maximum absolute atomic E-state index is 13.1. The molecule has 0 bridgehead atoms. The molecule has 0 amide bonds. The van der Waals surface area contributed by atoms with Crippen molar-refractivity contribution in [3.05, 3.63) is 24.5 Å². The summed E-state index contributed by atoms with van der Waals surface area (Å²) in [6, 6.07) is 0. The lowest BCUT2D eigenvalue weighted by Gasteiger charge is -2.29. The SMILES string of the molecule is C=C1CCC(F)C2OC=CC12. The van der Waals surface area contributed by atoms with Crippen molar-refractivity contribution in [3.63, 3.8) is 0 Å². The van der Waals surface area contributed by atoms with Gasteiger partial charge in [-0.1, -0.05) is 12.2 Å². The van der Waals surface area contributed by atoms with E-state index >= 15 is 0 Å². The zero-order valence-corrected chi connectivity index (χ0v) is 6.29. The summed E-state index contributed by atoms with van der Waals surface area (Å²) in [5.41, 5.74) is 1.11. The van der Waals surface area contributed by atoms with Crippen LogP contribution in [-0.2, 0) is 4.74 Å². The van der Waals surface area contributed by atoms with E-state index in [0.29, 0.717) is 6.42 Å². The molecule has 3 unspecified atom stereocenters. The van der Waals surface area contributed by atoms with Crippen molar-refractivity contribution < 1.29 is 9.13 Å². The zero-order chi connectivity index (χ0) is 7.84. The van der Waals surface area contributed by atoms with Gasteiger partial charge in [-0.2, -0.15) is 0 Å². The van der Waals surface area contributed by atoms with Crippen molar-refractivity contribution in [1.82, 2.24) is 0 Å². The standard InChI is InChI=1S/C9H11FO/c1-6-2-3-8(10)9-7(6)4-5-11-9/h4-5,7-9H,1-3H2. The number of alkyl halides is 1. The van der Waals surface area contributed by atoms with Crippen LogP contribution in [0.1, 0.15) is 12.8 Å². The average molecular weight is 154 g/mol. The maximum atomic E-state index is 13.1. The second-order valence-corrected chi connectivity index (χ2v) is 3.17. The number of ether oxygens (including phenoxy) is 1. The van der Waals surface area contributed by atoms with Crippen molar-refractivity contribution >= 4 is 0 Å². The van der Waals surface area contributed by atoms with Crippen LogP contribution in [0.5, 0.6) is 0 Å². The third kappa shape index (κ3) is 0.971. The smallest absolute Gasteiger partial charge is 0.139 e. The van der Waals surface area contributed by atoms with Gasteiger partial charge in [-0.15, -0.1) is 0 Å². The first-order valence-corrected chi connectivity index (χ1v) is 3.93. The van der Waals surface area contributed by atoms with Crippen LogP contribution >= 0.6 is 0 Å². The molecule has 2 rings (SSSR count). The number of rotatable bonds is 0. The fraction of sp³-hybridized carbons (Fsp3) is 0.556. The second-order valence-electron chi connectivity index (χ2n) is 3.17. The highest BCUT2D eigenvalue weighted by atomic mass is 19.1. The average Bonchev–Trinajstić information content (AvgIpc) is 2.45. The molecule has 2 heteroatoms.